The van der Waals surface area contributed by atoms with Crippen molar-refractivity contribution >= 4 is 12.1 Å². The lowest BCUT2D eigenvalue weighted by atomic mass is 10.0. The molecule has 0 fully saturated rings. The molecule has 11 heteroatoms. The molecule has 1 rings (SSSR count). The molecule has 3 atom stereocenters. The molecule has 0 aliphatic rings. The van der Waals surface area contributed by atoms with Crippen molar-refractivity contribution in [1.29, 1.82) is 0 Å². The first kappa shape index (κ1) is 45.5. The lowest BCUT2D eigenvalue weighted by Crippen LogP contribution is -2.46. The minimum Gasteiger partial charge on any atom is -0.492 e. The maximum atomic E-state index is 13.0. The number of nitrogens with one attached hydrogen (secondary N) is 1. The Labute approximate surface area is 303 Å². The Kier molecular flexibility index (Phi) is 24.8. The van der Waals surface area contributed by atoms with E-state index < -0.39 is 47.7 Å². The van der Waals surface area contributed by atoms with E-state index in [0.717, 1.165) is 38.5 Å². The van der Waals surface area contributed by atoms with Crippen LogP contribution in [0.5, 0.6) is 11.8 Å². The van der Waals surface area contributed by atoms with Gasteiger partial charge in [0.1, 0.15) is 11.6 Å². The number of nitrogens with zero attached hydrogens (tertiary/aromatic N) is 2. The van der Waals surface area contributed by atoms with E-state index in [2.05, 4.69) is 24.1 Å². The van der Waals surface area contributed by atoms with Gasteiger partial charge in [0.15, 0.2) is 0 Å². The van der Waals surface area contributed by atoms with Crippen LogP contribution in [0.15, 0.2) is 12.1 Å². The van der Waals surface area contributed by atoms with Gasteiger partial charge in [0, 0.05) is 25.2 Å². The fraction of sp³-hybridized carbons (Fsp3) is 0.846. The number of ether oxygens (including phenoxy) is 1. The molecule has 11 nitrogen and oxygen atoms in total. The zero-order chi connectivity index (χ0) is 37.2. The molecule has 0 spiro atoms. The molecule has 1 aromatic heterocycles. The first-order chi connectivity index (χ1) is 23.9. The van der Waals surface area contributed by atoms with E-state index in [1.54, 1.807) is 20.8 Å². The molecular formula is C39H73N3O8. The van der Waals surface area contributed by atoms with Gasteiger partial charge in [0.05, 0.1) is 12.2 Å². The molecule has 5 N–H and O–H groups in total. The first-order valence-electron chi connectivity index (χ1n) is 19.8. The molecule has 292 valence electrons. The van der Waals surface area contributed by atoms with Crippen LogP contribution >= 0.6 is 0 Å². The van der Waals surface area contributed by atoms with Crippen LogP contribution in [0, 0.1) is 0 Å². The van der Waals surface area contributed by atoms with Crippen molar-refractivity contribution in [3.8, 4) is 11.8 Å². The Hall–Kier alpha value is -2.50. The van der Waals surface area contributed by atoms with Crippen molar-refractivity contribution in [3.05, 3.63) is 12.1 Å². The van der Waals surface area contributed by atoms with E-state index in [1.165, 1.54) is 89.2 Å². The van der Waals surface area contributed by atoms with Crippen LogP contribution in [-0.2, 0) is 9.53 Å². The number of aromatic nitrogens is 1. The third-order valence-corrected chi connectivity index (χ3v) is 8.89. The summed E-state index contributed by atoms with van der Waals surface area (Å²) in [5.41, 5.74) is -0.777. The summed E-state index contributed by atoms with van der Waals surface area (Å²) in [6.45, 7) is 11.2. The Morgan fingerprint density at radius 1 is 0.700 bits per heavy atom. The largest absolute Gasteiger partial charge is 0.492 e. The summed E-state index contributed by atoms with van der Waals surface area (Å²) in [6.07, 6.45) is 20.4. The Morgan fingerprint density at radius 2 is 1.12 bits per heavy atom. The maximum absolute atomic E-state index is 13.0. The van der Waals surface area contributed by atoms with Crippen LogP contribution in [0.4, 0.5) is 4.79 Å². The predicted octanol–water partition coefficient (Wildman–Crippen LogP) is 8.00. The van der Waals surface area contributed by atoms with Crippen LogP contribution in [0.3, 0.4) is 0 Å². The standard InChI is InChI=1S/C39H73N3O8/c1-6-8-10-12-14-16-18-20-24-32(43)30-41(31-33(44)25-21-19-17-15-13-11-9-7-2)29-23-22-26-34(40-38(48)49-39(3,4)5)37(47)50-42-35(45)27-28-36(42)46/h27-28,32-34,43-46H,6-26,29-31H2,1-5H3,(H,40,48)/t32-,33-,34-/m1/s1. The molecule has 0 unspecified atom stereocenters. The van der Waals surface area contributed by atoms with Gasteiger partial charge in [-0.3, -0.25) is 4.90 Å². The third kappa shape index (κ3) is 23.1. The van der Waals surface area contributed by atoms with Gasteiger partial charge in [-0.25, -0.2) is 9.59 Å². The van der Waals surface area contributed by atoms with Gasteiger partial charge < -0.3 is 35.3 Å². The summed E-state index contributed by atoms with van der Waals surface area (Å²) < 4.78 is 5.94. The molecule has 50 heavy (non-hydrogen) atoms. The normalized spacial score (nSPS) is 13.7. The highest BCUT2D eigenvalue weighted by Gasteiger charge is 2.27. The average molecular weight is 712 g/mol. The molecule has 0 saturated carbocycles. The number of hydrogen-bond acceptors (Lipinski definition) is 9. The number of hydrogen-bond donors (Lipinski definition) is 5. The highest BCUT2D eigenvalue weighted by molar-refractivity contribution is 5.81. The van der Waals surface area contributed by atoms with Crippen molar-refractivity contribution in [3.63, 3.8) is 0 Å². The molecule has 0 radical (unpaired) electrons. The third-order valence-electron chi connectivity index (χ3n) is 8.89. The number of aromatic hydroxyl groups is 2. The van der Waals surface area contributed by atoms with E-state index in [1.807, 2.05) is 0 Å². The quantitative estimate of drug-likeness (QED) is 0.0500. The van der Waals surface area contributed by atoms with Crippen molar-refractivity contribution in [2.45, 2.75) is 193 Å². The summed E-state index contributed by atoms with van der Waals surface area (Å²) in [4.78, 5) is 32.9. The summed E-state index contributed by atoms with van der Waals surface area (Å²) in [5, 5.41) is 44.3. The SMILES string of the molecule is CCCCCCCCCC[C@@H](O)CN(CCCC[C@@H](NC(=O)OC(C)(C)C)C(=O)On1c(O)ccc1O)C[C@H](O)CCCCCCCCCC. The highest BCUT2D eigenvalue weighted by Crippen LogP contribution is 2.20. The van der Waals surface area contributed by atoms with E-state index in [0.29, 0.717) is 37.2 Å². The number of rotatable bonds is 30. The topological polar surface area (TPSA) is 154 Å². The monoisotopic (exact) mass is 712 g/mol. The second kappa shape index (κ2) is 27.2. The molecule has 0 aromatic carbocycles. The number of aliphatic hydroxyl groups excluding tert-OH is 2. The van der Waals surface area contributed by atoms with Crippen molar-refractivity contribution in [1.82, 2.24) is 14.9 Å². The van der Waals surface area contributed by atoms with Crippen LogP contribution in [0.25, 0.3) is 0 Å². The maximum Gasteiger partial charge on any atom is 0.408 e. The number of carbonyl (C=O) groups excluding carboxylic acids is 2. The average Bonchev–Trinajstić information content (AvgIpc) is 3.36. The summed E-state index contributed by atoms with van der Waals surface area (Å²) in [5.74, 6) is -1.78. The number of alkyl carbamates (subject to hydrolysis) is 1. The number of unbranched alkanes of at least 4 members (excludes halogenated alkanes) is 15. The van der Waals surface area contributed by atoms with Crippen molar-refractivity contribution < 1.29 is 39.6 Å². The van der Waals surface area contributed by atoms with Gasteiger partial charge in [-0.2, -0.15) is 0 Å². The minimum atomic E-state index is -1.10. The number of carbonyl (C=O) groups is 2. The van der Waals surface area contributed by atoms with Crippen LogP contribution < -0.4 is 10.2 Å². The molecule has 1 aromatic rings. The van der Waals surface area contributed by atoms with Crippen LogP contribution in [-0.4, -0.2) is 85.6 Å². The van der Waals surface area contributed by atoms with Gasteiger partial charge in [-0.05, 0) is 59.4 Å². The minimum absolute atomic E-state index is 0.219. The van der Waals surface area contributed by atoms with E-state index in [-0.39, 0.29) is 6.42 Å². The lowest BCUT2D eigenvalue weighted by molar-refractivity contribution is -0.148. The summed E-state index contributed by atoms with van der Waals surface area (Å²) in [7, 11) is 0. The Morgan fingerprint density at radius 3 is 1.56 bits per heavy atom. The van der Waals surface area contributed by atoms with Gasteiger partial charge in [-0.1, -0.05) is 117 Å². The molecular weight excluding hydrogens is 638 g/mol. The van der Waals surface area contributed by atoms with Gasteiger partial charge in [0.25, 0.3) is 0 Å². The van der Waals surface area contributed by atoms with Crippen LogP contribution in [0.2, 0.25) is 0 Å². The Balaban J connectivity index is 2.72. The zero-order valence-electron chi connectivity index (χ0n) is 32.2. The van der Waals surface area contributed by atoms with Gasteiger partial charge in [0.2, 0.25) is 11.8 Å². The fourth-order valence-corrected chi connectivity index (χ4v) is 6.10. The predicted molar refractivity (Wildman–Crippen MR) is 199 cm³/mol. The van der Waals surface area contributed by atoms with Gasteiger partial charge >= 0.3 is 12.1 Å². The highest BCUT2D eigenvalue weighted by atomic mass is 16.7. The molecule has 0 aliphatic carbocycles. The van der Waals surface area contributed by atoms with Gasteiger partial charge in [-0.15, -0.1) is 4.73 Å². The number of amides is 1. The molecule has 0 bridgehead atoms. The molecule has 1 amide bonds. The molecule has 0 saturated heterocycles. The zero-order valence-corrected chi connectivity index (χ0v) is 32.2. The van der Waals surface area contributed by atoms with Crippen molar-refractivity contribution in [2.24, 2.45) is 0 Å². The van der Waals surface area contributed by atoms with E-state index in [4.69, 9.17) is 9.57 Å². The molecule has 0 aliphatic heterocycles. The van der Waals surface area contributed by atoms with Crippen LogP contribution in [0.1, 0.15) is 169 Å². The van der Waals surface area contributed by atoms with E-state index >= 15 is 0 Å². The first-order valence-corrected chi connectivity index (χ1v) is 19.8. The second-order valence-electron chi connectivity index (χ2n) is 15.0. The molecule has 1 heterocycles. The summed E-state index contributed by atoms with van der Waals surface area (Å²) >= 11 is 0. The van der Waals surface area contributed by atoms with E-state index in [9.17, 15) is 30.0 Å². The fourth-order valence-electron chi connectivity index (χ4n) is 6.10. The smallest absolute Gasteiger partial charge is 0.408 e. The lowest BCUT2D eigenvalue weighted by Gasteiger charge is -2.28. The Bertz CT molecular complexity index is 964. The summed E-state index contributed by atoms with van der Waals surface area (Å²) in [6, 6.07) is 1.26. The van der Waals surface area contributed by atoms with Crippen molar-refractivity contribution in [2.75, 3.05) is 19.6 Å². The number of aliphatic hydroxyl groups is 2. The second-order valence-corrected chi connectivity index (χ2v) is 15.0.